The molecule has 0 atom stereocenters. The third kappa shape index (κ3) is 3.14. The minimum atomic E-state index is -0.361. The Morgan fingerprint density at radius 1 is 0.968 bits per heavy atom. The first-order valence-electron chi connectivity index (χ1n) is 9.77. The minimum Gasteiger partial charge on any atom is -0.273 e. The Morgan fingerprint density at radius 2 is 1.71 bits per heavy atom. The zero-order valence-electron chi connectivity index (χ0n) is 17.0. The molecule has 8 nitrogen and oxygen atoms in total. The van der Waals surface area contributed by atoms with Crippen LogP contribution in [0.4, 0.5) is 4.39 Å². The maximum atomic E-state index is 13.3. The SMILES string of the molecule is Cc1ccccc1Cn1nc2n(Cc3ccc(F)cc3)c(=O)c3nn(C)cc3n2c1=O. The van der Waals surface area contributed by atoms with Crippen molar-refractivity contribution in [1.82, 2.24) is 28.5 Å². The summed E-state index contributed by atoms with van der Waals surface area (Å²) < 4.78 is 19.0. The van der Waals surface area contributed by atoms with Crippen LogP contribution in [-0.2, 0) is 20.1 Å². The van der Waals surface area contributed by atoms with Gasteiger partial charge < -0.3 is 0 Å². The Kier molecular flexibility index (Phi) is 4.32. The maximum absolute atomic E-state index is 13.3. The lowest BCUT2D eigenvalue weighted by Crippen LogP contribution is -2.26. The van der Waals surface area contributed by atoms with Crippen LogP contribution in [0.5, 0.6) is 0 Å². The summed E-state index contributed by atoms with van der Waals surface area (Å²) in [4.78, 5) is 26.5. The number of benzene rings is 2. The third-order valence-electron chi connectivity index (χ3n) is 5.40. The van der Waals surface area contributed by atoms with Crippen molar-refractivity contribution in [3.63, 3.8) is 0 Å². The number of rotatable bonds is 4. The molecule has 0 spiro atoms. The fourth-order valence-electron chi connectivity index (χ4n) is 3.76. The van der Waals surface area contributed by atoms with Crippen LogP contribution in [0.3, 0.4) is 0 Å². The van der Waals surface area contributed by atoms with Crippen molar-refractivity contribution in [2.45, 2.75) is 20.0 Å². The highest BCUT2D eigenvalue weighted by Gasteiger charge is 2.20. The predicted molar refractivity (Wildman–Crippen MR) is 114 cm³/mol. The van der Waals surface area contributed by atoms with E-state index >= 15 is 0 Å². The fourth-order valence-corrected chi connectivity index (χ4v) is 3.76. The lowest BCUT2D eigenvalue weighted by Gasteiger charge is -2.07. The summed E-state index contributed by atoms with van der Waals surface area (Å²) in [5, 5.41) is 8.76. The molecule has 3 heterocycles. The van der Waals surface area contributed by atoms with E-state index in [1.807, 2.05) is 31.2 Å². The van der Waals surface area contributed by atoms with Crippen molar-refractivity contribution < 1.29 is 4.39 Å². The summed E-state index contributed by atoms with van der Waals surface area (Å²) in [5.74, 6) is -0.145. The number of nitrogens with zero attached hydrogens (tertiary/aromatic N) is 6. The number of hydrogen-bond donors (Lipinski definition) is 0. The van der Waals surface area contributed by atoms with Crippen LogP contribution in [0.15, 0.2) is 64.3 Å². The van der Waals surface area contributed by atoms with Crippen LogP contribution in [0.1, 0.15) is 16.7 Å². The van der Waals surface area contributed by atoms with Crippen molar-refractivity contribution >= 4 is 16.8 Å². The van der Waals surface area contributed by atoms with E-state index in [0.29, 0.717) is 11.1 Å². The van der Waals surface area contributed by atoms with E-state index in [0.717, 1.165) is 11.1 Å². The first kappa shape index (κ1) is 19.0. The van der Waals surface area contributed by atoms with Crippen LogP contribution in [0, 0.1) is 12.7 Å². The number of fused-ring (bicyclic) bond motifs is 3. The van der Waals surface area contributed by atoms with Crippen LogP contribution in [0.25, 0.3) is 16.8 Å². The van der Waals surface area contributed by atoms with E-state index in [4.69, 9.17) is 0 Å². The predicted octanol–water partition coefficient (Wildman–Crippen LogP) is 2.09. The quantitative estimate of drug-likeness (QED) is 0.448. The summed E-state index contributed by atoms with van der Waals surface area (Å²) >= 11 is 0. The largest absolute Gasteiger partial charge is 0.352 e. The topological polar surface area (TPSA) is 79.1 Å². The van der Waals surface area contributed by atoms with Gasteiger partial charge in [0, 0.05) is 13.2 Å². The minimum absolute atomic E-state index is 0.135. The van der Waals surface area contributed by atoms with Gasteiger partial charge in [0.05, 0.1) is 13.1 Å². The second-order valence-electron chi connectivity index (χ2n) is 7.56. The summed E-state index contributed by atoms with van der Waals surface area (Å²) in [6.45, 7) is 2.38. The summed E-state index contributed by atoms with van der Waals surface area (Å²) in [7, 11) is 1.69. The lowest BCUT2D eigenvalue weighted by molar-refractivity contribution is 0.626. The first-order chi connectivity index (χ1) is 14.9. The van der Waals surface area contributed by atoms with Gasteiger partial charge in [-0.2, -0.15) is 5.10 Å². The molecule has 0 saturated carbocycles. The van der Waals surface area contributed by atoms with Crippen molar-refractivity contribution in [2.24, 2.45) is 7.05 Å². The molecule has 2 aromatic carbocycles. The molecule has 5 aromatic rings. The maximum Gasteiger partial charge on any atom is 0.352 e. The number of aromatic nitrogens is 6. The van der Waals surface area contributed by atoms with Gasteiger partial charge in [-0.15, -0.1) is 5.10 Å². The Labute approximate surface area is 175 Å². The molecule has 0 radical (unpaired) electrons. The molecule has 5 rings (SSSR count). The smallest absolute Gasteiger partial charge is 0.273 e. The van der Waals surface area contributed by atoms with Crippen molar-refractivity contribution in [3.8, 4) is 0 Å². The van der Waals surface area contributed by atoms with E-state index in [1.54, 1.807) is 25.4 Å². The summed E-state index contributed by atoms with van der Waals surface area (Å²) in [5.41, 5.74) is 2.57. The molecule has 0 amide bonds. The van der Waals surface area contributed by atoms with Gasteiger partial charge in [0.25, 0.3) is 5.56 Å². The first-order valence-corrected chi connectivity index (χ1v) is 9.77. The van der Waals surface area contributed by atoms with Gasteiger partial charge >= 0.3 is 5.69 Å². The van der Waals surface area contributed by atoms with Gasteiger partial charge in [-0.1, -0.05) is 36.4 Å². The van der Waals surface area contributed by atoms with E-state index < -0.39 is 0 Å². The molecular formula is C22H19FN6O2. The van der Waals surface area contributed by atoms with Gasteiger partial charge in [0.15, 0.2) is 5.52 Å². The molecule has 0 bridgehead atoms. The molecule has 0 aliphatic heterocycles. The van der Waals surface area contributed by atoms with Gasteiger partial charge in [-0.05, 0) is 35.7 Å². The number of aryl methyl sites for hydroxylation is 2. The molecule has 0 unspecified atom stereocenters. The zero-order valence-corrected chi connectivity index (χ0v) is 17.0. The van der Waals surface area contributed by atoms with Gasteiger partial charge in [0.2, 0.25) is 5.78 Å². The molecular weight excluding hydrogens is 399 g/mol. The highest BCUT2D eigenvalue weighted by molar-refractivity contribution is 5.75. The summed E-state index contributed by atoms with van der Waals surface area (Å²) in [6, 6.07) is 13.6. The summed E-state index contributed by atoms with van der Waals surface area (Å²) in [6.07, 6.45) is 1.63. The van der Waals surface area contributed by atoms with E-state index in [-0.39, 0.29) is 41.5 Å². The van der Waals surface area contributed by atoms with Crippen LogP contribution in [-0.4, -0.2) is 28.5 Å². The molecule has 0 fully saturated rings. The van der Waals surface area contributed by atoms with Crippen molar-refractivity contribution in [1.29, 1.82) is 0 Å². The molecule has 0 aliphatic carbocycles. The zero-order chi connectivity index (χ0) is 21.7. The van der Waals surface area contributed by atoms with Crippen molar-refractivity contribution in [2.75, 3.05) is 0 Å². The van der Waals surface area contributed by atoms with E-state index in [9.17, 15) is 14.0 Å². The lowest BCUT2D eigenvalue weighted by atomic mass is 10.1. The Hall–Kier alpha value is -4.01. The second-order valence-corrected chi connectivity index (χ2v) is 7.56. The molecule has 0 N–H and O–H groups in total. The normalized spacial score (nSPS) is 11.6. The second kappa shape index (κ2) is 7.05. The average Bonchev–Trinajstić information content (AvgIpc) is 3.28. The number of halogens is 1. The fraction of sp³-hybridized carbons (Fsp3) is 0.182. The Morgan fingerprint density at radius 3 is 2.45 bits per heavy atom. The molecule has 0 saturated heterocycles. The standard InChI is InChI=1S/C22H19FN6O2/c1-14-5-3-4-6-16(14)12-28-22(31)29-18-13-26(2)24-19(18)20(30)27(21(29)25-28)11-15-7-9-17(23)10-8-15/h3-10,13H,11-12H2,1-2H3. The van der Waals surface area contributed by atoms with Crippen LogP contribution in [0.2, 0.25) is 0 Å². The highest BCUT2D eigenvalue weighted by atomic mass is 19.1. The van der Waals surface area contributed by atoms with E-state index in [1.165, 1.54) is 30.5 Å². The third-order valence-corrected chi connectivity index (χ3v) is 5.40. The van der Waals surface area contributed by atoms with Crippen LogP contribution >= 0.6 is 0 Å². The Bertz CT molecular complexity index is 1560. The van der Waals surface area contributed by atoms with E-state index in [2.05, 4.69) is 10.2 Å². The monoisotopic (exact) mass is 418 g/mol. The molecule has 0 aliphatic rings. The average molecular weight is 418 g/mol. The van der Waals surface area contributed by atoms with Gasteiger partial charge in [-0.3, -0.25) is 14.0 Å². The van der Waals surface area contributed by atoms with Gasteiger partial charge in [-0.25, -0.2) is 18.3 Å². The number of hydrogen-bond acceptors (Lipinski definition) is 4. The molecule has 156 valence electrons. The molecule has 3 aromatic heterocycles. The Balaban J connectivity index is 1.76. The molecule has 31 heavy (non-hydrogen) atoms. The van der Waals surface area contributed by atoms with Crippen LogP contribution < -0.4 is 11.2 Å². The molecule has 9 heteroatoms. The van der Waals surface area contributed by atoms with Crippen molar-refractivity contribution in [3.05, 3.63) is 98.1 Å². The van der Waals surface area contributed by atoms with Gasteiger partial charge in [0.1, 0.15) is 11.3 Å². The highest BCUT2D eigenvalue weighted by Crippen LogP contribution is 2.13.